The minimum atomic E-state index is -0.291. The van der Waals surface area contributed by atoms with Gasteiger partial charge in [0, 0.05) is 38.2 Å². The normalized spacial score (nSPS) is 20.2. The molecular formula is C25H31FN4O. The number of rotatable bonds is 5. The van der Waals surface area contributed by atoms with Crippen molar-refractivity contribution >= 4 is 11.6 Å². The third-order valence-corrected chi connectivity index (χ3v) is 6.36. The summed E-state index contributed by atoms with van der Waals surface area (Å²) in [6.45, 7) is 11.4. The number of hydrogen-bond donors (Lipinski definition) is 0. The fourth-order valence-electron chi connectivity index (χ4n) is 4.54. The van der Waals surface area contributed by atoms with E-state index in [0.717, 1.165) is 55.1 Å². The van der Waals surface area contributed by atoms with Crippen LogP contribution in [0.5, 0.6) is 0 Å². The predicted octanol–water partition coefficient (Wildman–Crippen LogP) is 3.76. The molecule has 2 aromatic rings. The zero-order chi connectivity index (χ0) is 22.0. The molecule has 0 aliphatic carbocycles. The largest absolute Gasteiger partial charge is 0.301 e. The molecule has 5 nitrogen and oxygen atoms in total. The van der Waals surface area contributed by atoms with E-state index in [1.54, 1.807) is 11.1 Å². The molecule has 164 valence electrons. The number of amides is 1. The predicted molar refractivity (Wildman–Crippen MR) is 122 cm³/mol. The van der Waals surface area contributed by atoms with Crippen molar-refractivity contribution in [1.82, 2.24) is 14.8 Å². The molecular weight excluding hydrogens is 391 g/mol. The Morgan fingerprint density at radius 1 is 1.06 bits per heavy atom. The first-order valence-electron chi connectivity index (χ1n) is 11.1. The van der Waals surface area contributed by atoms with Gasteiger partial charge in [-0.2, -0.15) is 5.10 Å². The van der Waals surface area contributed by atoms with Gasteiger partial charge in [0.15, 0.2) is 0 Å². The van der Waals surface area contributed by atoms with Gasteiger partial charge in [0.1, 0.15) is 5.82 Å². The summed E-state index contributed by atoms with van der Waals surface area (Å²) in [5, 5.41) is 6.37. The molecule has 1 unspecified atom stereocenters. The van der Waals surface area contributed by atoms with Crippen molar-refractivity contribution in [1.29, 1.82) is 0 Å². The van der Waals surface area contributed by atoms with Crippen LogP contribution in [0, 0.1) is 19.7 Å². The average molecular weight is 423 g/mol. The smallest absolute Gasteiger partial charge is 0.257 e. The highest BCUT2D eigenvalue weighted by Gasteiger charge is 2.34. The Balaban J connectivity index is 1.58. The molecule has 0 bridgehead atoms. The van der Waals surface area contributed by atoms with E-state index in [1.807, 2.05) is 6.07 Å². The van der Waals surface area contributed by atoms with Crippen LogP contribution in [-0.4, -0.2) is 65.7 Å². The lowest BCUT2D eigenvalue weighted by Crippen LogP contribution is -2.49. The van der Waals surface area contributed by atoms with Gasteiger partial charge >= 0.3 is 0 Å². The molecule has 2 aliphatic heterocycles. The number of piperazine rings is 1. The van der Waals surface area contributed by atoms with Crippen LogP contribution >= 0.6 is 0 Å². The Hall–Kier alpha value is -2.57. The summed E-state index contributed by atoms with van der Waals surface area (Å²) >= 11 is 0. The van der Waals surface area contributed by atoms with E-state index in [9.17, 15) is 9.18 Å². The number of aryl methyl sites for hydroxylation is 2. The first-order chi connectivity index (χ1) is 14.9. The van der Waals surface area contributed by atoms with E-state index in [2.05, 4.69) is 48.8 Å². The van der Waals surface area contributed by atoms with Crippen molar-refractivity contribution < 1.29 is 9.18 Å². The summed E-state index contributed by atoms with van der Waals surface area (Å²) in [5.74, 6) is -0.320. The van der Waals surface area contributed by atoms with Gasteiger partial charge < -0.3 is 4.90 Å². The zero-order valence-electron chi connectivity index (χ0n) is 18.6. The Morgan fingerprint density at radius 3 is 2.48 bits per heavy atom. The van der Waals surface area contributed by atoms with Crippen LogP contribution in [0.4, 0.5) is 4.39 Å². The molecule has 0 aromatic heterocycles. The maximum atomic E-state index is 14.0. The molecule has 0 radical (unpaired) electrons. The monoisotopic (exact) mass is 422 g/mol. The molecule has 1 saturated heterocycles. The third-order valence-electron chi connectivity index (χ3n) is 6.36. The number of hydrogen-bond acceptors (Lipinski definition) is 4. The lowest BCUT2D eigenvalue weighted by molar-refractivity contribution is -0.134. The van der Waals surface area contributed by atoms with Crippen molar-refractivity contribution in [3.05, 3.63) is 70.5 Å². The molecule has 1 amide bonds. The Bertz CT molecular complexity index is 981. The molecule has 31 heavy (non-hydrogen) atoms. The van der Waals surface area contributed by atoms with Gasteiger partial charge in [-0.1, -0.05) is 42.8 Å². The SMILES string of the molecule is CCN1CCN(CC(=O)N2N=C(c3ccc(C)cc3C)CC2c2cccc(F)c2)CC1. The first kappa shape index (κ1) is 21.7. The molecule has 6 heteroatoms. The standard InChI is InChI=1S/C25H31FN4O/c1-4-28-10-12-29(13-11-28)17-25(31)30-24(20-6-5-7-21(26)15-20)16-23(27-30)22-9-8-18(2)14-19(22)3/h5-9,14-15,24H,4,10-13,16-17H2,1-3H3. The average Bonchev–Trinajstić information content (AvgIpc) is 3.19. The Labute approximate surface area is 184 Å². The highest BCUT2D eigenvalue weighted by Crippen LogP contribution is 2.34. The lowest BCUT2D eigenvalue weighted by atomic mass is 9.95. The molecule has 2 heterocycles. The second-order valence-electron chi connectivity index (χ2n) is 8.59. The van der Waals surface area contributed by atoms with E-state index in [0.29, 0.717) is 13.0 Å². The maximum absolute atomic E-state index is 14.0. The number of nitrogens with zero attached hydrogens (tertiary/aromatic N) is 4. The van der Waals surface area contributed by atoms with Gasteiger partial charge in [-0.15, -0.1) is 0 Å². The molecule has 0 N–H and O–H groups in total. The molecule has 1 fully saturated rings. The fourth-order valence-corrected chi connectivity index (χ4v) is 4.54. The number of hydrazone groups is 1. The highest BCUT2D eigenvalue weighted by atomic mass is 19.1. The minimum absolute atomic E-state index is 0.0287. The van der Waals surface area contributed by atoms with Crippen LogP contribution in [0.3, 0.4) is 0 Å². The summed E-state index contributed by atoms with van der Waals surface area (Å²) in [7, 11) is 0. The van der Waals surface area contributed by atoms with Crippen molar-refractivity contribution in [3.63, 3.8) is 0 Å². The lowest BCUT2D eigenvalue weighted by Gasteiger charge is -2.34. The van der Waals surface area contributed by atoms with E-state index >= 15 is 0 Å². The first-order valence-corrected chi connectivity index (χ1v) is 11.1. The van der Waals surface area contributed by atoms with Gasteiger partial charge in [-0.05, 0) is 43.7 Å². The van der Waals surface area contributed by atoms with Crippen molar-refractivity contribution in [3.8, 4) is 0 Å². The quantitative estimate of drug-likeness (QED) is 0.737. The number of likely N-dealkylation sites (N-methyl/N-ethyl adjacent to an activating group) is 1. The Kier molecular flexibility index (Phi) is 6.49. The van der Waals surface area contributed by atoms with Crippen molar-refractivity contribution in [2.45, 2.75) is 33.2 Å². The van der Waals surface area contributed by atoms with Gasteiger partial charge in [0.25, 0.3) is 5.91 Å². The summed E-state index contributed by atoms with van der Waals surface area (Å²) in [4.78, 5) is 17.9. The molecule has 2 aliphatic rings. The van der Waals surface area contributed by atoms with Crippen LogP contribution in [0.1, 0.15) is 41.6 Å². The molecule has 1 atom stereocenters. The Morgan fingerprint density at radius 2 is 1.81 bits per heavy atom. The number of halogens is 1. The van der Waals surface area contributed by atoms with Gasteiger partial charge in [0.05, 0.1) is 18.3 Å². The van der Waals surface area contributed by atoms with Gasteiger partial charge in [-0.25, -0.2) is 9.40 Å². The topological polar surface area (TPSA) is 39.1 Å². The number of carbonyl (C=O) groups is 1. The second-order valence-corrected chi connectivity index (χ2v) is 8.59. The number of benzene rings is 2. The van der Waals surface area contributed by atoms with Crippen LogP contribution in [0.25, 0.3) is 0 Å². The van der Waals surface area contributed by atoms with E-state index in [-0.39, 0.29) is 17.8 Å². The third kappa shape index (κ3) is 4.86. The summed E-state index contributed by atoms with van der Waals surface area (Å²) in [5.41, 5.74) is 5.06. The molecule has 4 rings (SSSR count). The van der Waals surface area contributed by atoms with Crippen molar-refractivity contribution in [2.75, 3.05) is 39.3 Å². The van der Waals surface area contributed by atoms with E-state index < -0.39 is 0 Å². The van der Waals surface area contributed by atoms with Crippen LogP contribution in [-0.2, 0) is 4.79 Å². The summed E-state index contributed by atoms with van der Waals surface area (Å²) in [6, 6.07) is 12.5. The van der Waals surface area contributed by atoms with Crippen LogP contribution in [0.15, 0.2) is 47.6 Å². The van der Waals surface area contributed by atoms with Crippen LogP contribution < -0.4 is 0 Å². The second kappa shape index (κ2) is 9.28. The molecule has 0 saturated carbocycles. The minimum Gasteiger partial charge on any atom is -0.301 e. The fraction of sp³-hybridized carbons (Fsp3) is 0.440. The maximum Gasteiger partial charge on any atom is 0.257 e. The number of carbonyl (C=O) groups excluding carboxylic acids is 1. The molecule has 2 aromatic carbocycles. The van der Waals surface area contributed by atoms with Crippen molar-refractivity contribution in [2.24, 2.45) is 5.10 Å². The zero-order valence-corrected chi connectivity index (χ0v) is 18.6. The molecule has 0 spiro atoms. The summed E-state index contributed by atoms with van der Waals surface area (Å²) in [6.07, 6.45) is 0.586. The summed E-state index contributed by atoms with van der Waals surface area (Å²) < 4.78 is 14.0. The van der Waals surface area contributed by atoms with Crippen LogP contribution in [0.2, 0.25) is 0 Å². The van der Waals surface area contributed by atoms with E-state index in [1.165, 1.54) is 17.7 Å². The van der Waals surface area contributed by atoms with Gasteiger partial charge in [-0.3, -0.25) is 9.69 Å². The van der Waals surface area contributed by atoms with E-state index in [4.69, 9.17) is 5.10 Å². The highest BCUT2D eigenvalue weighted by molar-refractivity contribution is 6.04. The van der Waals surface area contributed by atoms with Gasteiger partial charge in [0.2, 0.25) is 0 Å².